The normalized spacial score (nSPS) is 28.2. The van der Waals surface area contributed by atoms with E-state index in [1.807, 2.05) is 19.0 Å². The van der Waals surface area contributed by atoms with Gasteiger partial charge in [-0.15, -0.1) is 0 Å². The van der Waals surface area contributed by atoms with Gasteiger partial charge in [0, 0.05) is 44.2 Å². The second-order valence-corrected chi connectivity index (χ2v) is 10.5. The van der Waals surface area contributed by atoms with Crippen molar-refractivity contribution in [1.82, 2.24) is 4.90 Å². The third-order valence-corrected chi connectivity index (χ3v) is 8.15. The van der Waals surface area contributed by atoms with Gasteiger partial charge in [0.25, 0.3) is 5.91 Å². The van der Waals surface area contributed by atoms with Crippen LogP contribution in [0.2, 0.25) is 0 Å². The van der Waals surface area contributed by atoms with Gasteiger partial charge in [0.15, 0.2) is 11.4 Å². The molecule has 1 amide bonds. The predicted molar refractivity (Wildman–Crippen MR) is 130 cm³/mol. The third-order valence-electron chi connectivity index (χ3n) is 8.15. The van der Waals surface area contributed by atoms with Gasteiger partial charge in [-0.05, 0) is 61.9 Å². The molecule has 0 spiro atoms. The van der Waals surface area contributed by atoms with Gasteiger partial charge in [-0.2, -0.15) is 0 Å². The van der Waals surface area contributed by atoms with Gasteiger partial charge in [0.05, 0.1) is 5.56 Å². The second-order valence-electron chi connectivity index (χ2n) is 10.5. The Morgan fingerprint density at radius 1 is 1.17 bits per heavy atom. The Bertz CT molecular complexity index is 1260. The minimum Gasteiger partial charge on any atom is -0.508 e. The number of Topliss-reactive ketones (excluding diaryl/α,β-unsaturated/α-hetero) is 2. The highest BCUT2D eigenvalue weighted by Crippen LogP contribution is 2.53. The number of phenolic OH excluding ortho intramolecular Hbond substituents is 1. The van der Waals surface area contributed by atoms with Crippen LogP contribution in [0.5, 0.6) is 5.75 Å². The first kappa shape index (κ1) is 24.3. The van der Waals surface area contributed by atoms with Crippen molar-refractivity contribution in [3.63, 3.8) is 0 Å². The average molecular weight is 498 g/mol. The van der Waals surface area contributed by atoms with Gasteiger partial charge < -0.3 is 31.1 Å². The van der Waals surface area contributed by atoms with Crippen LogP contribution in [-0.4, -0.2) is 75.6 Å². The first-order valence-electron chi connectivity index (χ1n) is 12.2. The number of carbonyl (C=O) groups is 3. The number of benzene rings is 1. The van der Waals surface area contributed by atoms with E-state index in [4.69, 9.17) is 5.73 Å². The quantitative estimate of drug-likeness (QED) is 0.383. The first-order chi connectivity index (χ1) is 17.0. The maximum absolute atomic E-state index is 13.6. The van der Waals surface area contributed by atoms with Crippen molar-refractivity contribution in [2.45, 2.75) is 44.2 Å². The molecular formula is C26H31N3O7. The Labute approximate surface area is 208 Å². The van der Waals surface area contributed by atoms with Crippen LogP contribution in [0.15, 0.2) is 23.0 Å². The Morgan fingerprint density at radius 2 is 1.83 bits per heavy atom. The molecule has 6 N–H and O–H groups in total. The lowest BCUT2D eigenvalue weighted by molar-refractivity contribution is -0.147. The molecule has 1 heterocycles. The number of fused-ring (bicyclic) bond motifs is 3. The summed E-state index contributed by atoms with van der Waals surface area (Å²) in [6, 6.07) is 1.61. The number of amides is 1. The molecule has 0 bridgehead atoms. The molecule has 1 saturated carbocycles. The van der Waals surface area contributed by atoms with Crippen LogP contribution in [0.4, 0.5) is 5.69 Å². The number of ketones is 2. The SMILES string of the molecule is CN(C)c1c(CN2CCCC2)cc(O)c2c1CC1C[C@H]3CC(=O)C(C(N)=O)=C(O)[C@@]3(O)C(=O)C1=C2O. The van der Waals surface area contributed by atoms with Crippen molar-refractivity contribution in [2.75, 3.05) is 32.1 Å². The number of hydrogen-bond donors (Lipinski definition) is 5. The van der Waals surface area contributed by atoms with Crippen LogP contribution in [0, 0.1) is 11.8 Å². The van der Waals surface area contributed by atoms with E-state index in [0.717, 1.165) is 37.2 Å². The van der Waals surface area contributed by atoms with E-state index in [0.29, 0.717) is 18.5 Å². The highest BCUT2D eigenvalue weighted by Gasteiger charge is 2.60. The molecule has 1 aromatic rings. The lowest BCUT2D eigenvalue weighted by atomic mass is 9.59. The van der Waals surface area contributed by atoms with E-state index < -0.39 is 52.0 Å². The molecule has 0 aromatic heterocycles. The van der Waals surface area contributed by atoms with Crippen LogP contribution in [0.1, 0.15) is 42.4 Å². The van der Waals surface area contributed by atoms with E-state index in [9.17, 15) is 34.8 Å². The number of aliphatic hydroxyl groups excluding tert-OH is 2. The minimum absolute atomic E-state index is 0.118. The molecule has 0 radical (unpaired) electrons. The first-order valence-corrected chi connectivity index (χ1v) is 12.2. The summed E-state index contributed by atoms with van der Waals surface area (Å²) >= 11 is 0. The molecule has 10 nitrogen and oxygen atoms in total. The molecule has 4 aliphatic rings. The van der Waals surface area contributed by atoms with Crippen LogP contribution in [-0.2, 0) is 27.3 Å². The number of carbonyl (C=O) groups excluding carboxylic acids is 3. The van der Waals surface area contributed by atoms with Crippen molar-refractivity contribution >= 4 is 28.9 Å². The minimum atomic E-state index is -2.55. The number of nitrogens with two attached hydrogens (primary N) is 1. The second kappa shape index (κ2) is 8.35. The lowest BCUT2D eigenvalue weighted by Crippen LogP contribution is -2.58. The van der Waals surface area contributed by atoms with Crippen LogP contribution in [0.25, 0.3) is 5.76 Å². The molecule has 10 heteroatoms. The van der Waals surface area contributed by atoms with Crippen molar-refractivity contribution in [1.29, 1.82) is 0 Å². The fraction of sp³-hybridized carbons (Fsp3) is 0.500. The zero-order valence-electron chi connectivity index (χ0n) is 20.4. The van der Waals surface area contributed by atoms with Gasteiger partial charge in [-0.3, -0.25) is 19.3 Å². The van der Waals surface area contributed by atoms with Crippen LogP contribution >= 0.6 is 0 Å². The molecule has 36 heavy (non-hydrogen) atoms. The smallest absolute Gasteiger partial charge is 0.255 e. The molecule has 1 unspecified atom stereocenters. The summed E-state index contributed by atoms with van der Waals surface area (Å²) in [4.78, 5) is 42.2. The molecule has 5 rings (SSSR count). The zero-order chi connectivity index (χ0) is 26.1. The number of aromatic hydroxyl groups is 1. The van der Waals surface area contributed by atoms with E-state index >= 15 is 0 Å². The summed E-state index contributed by atoms with van der Waals surface area (Å²) in [5.74, 6) is -6.17. The fourth-order valence-corrected chi connectivity index (χ4v) is 6.60. The number of hydrogen-bond acceptors (Lipinski definition) is 9. The number of nitrogens with zero attached hydrogens (tertiary/aromatic N) is 2. The Kier molecular flexibility index (Phi) is 5.64. The van der Waals surface area contributed by atoms with Crippen LogP contribution < -0.4 is 10.6 Å². The molecule has 1 aromatic carbocycles. The Morgan fingerprint density at radius 3 is 2.44 bits per heavy atom. The average Bonchev–Trinajstić information content (AvgIpc) is 3.28. The maximum atomic E-state index is 13.6. The standard InChI is InChI=1S/C26H31N3O7/c1-28(2)21-13(11-29-5-3-4-6-29)9-16(30)19-15(21)8-12-7-14-10-17(31)20(25(27)35)24(34)26(14,36)23(33)18(12)22(19)32/h9,12,14,30,32,34,36H,3-8,10-11H2,1-2H3,(H2,27,35)/t12?,14-,26-/m0/s1. The highest BCUT2D eigenvalue weighted by molar-refractivity contribution is 6.22. The molecule has 1 saturated heterocycles. The number of primary amides is 1. The number of phenols is 1. The number of anilines is 1. The summed E-state index contributed by atoms with van der Waals surface area (Å²) in [5, 5.41) is 44.3. The summed E-state index contributed by atoms with van der Waals surface area (Å²) in [7, 11) is 3.77. The molecule has 3 aliphatic carbocycles. The number of aliphatic hydroxyl groups is 3. The number of likely N-dealkylation sites (tertiary alicyclic amines) is 1. The molecule has 1 aliphatic heterocycles. The summed E-state index contributed by atoms with van der Waals surface area (Å²) in [6.45, 7) is 2.58. The molecular weight excluding hydrogens is 466 g/mol. The van der Waals surface area contributed by atoms with E-state index in [1.54, 1.807) is 6.07 Å². The fourth-order valence-electron chi connectivity index (χ4n) is 6.60. The highest BCUT2D eigenvalue weighted by atomic mass is 16.3. The van der Waals surface area contributed by atoms with Gasteiger partial charge in [0.1, 0.15) is 22.8 Å². The molecule has 3 atom stereocenters. The van der Waals surface area contributed by atoms with Crippen molar-refractivity contribution in [3.05, 3.63) is 39.7 Å². The topological polar surface area (TPSA) is 165 Å². The summed E-state index contributed by atoms with van der Waals surface area (Å²) in [6.07, 6.45) is 2.32. The van der Waals surface area contributed by atoms with Crippen molar-refractivity contribution in [2.24, 2.45) is 17.6 Å². The molecule has 2 fully saturated rings. The zero-order valence-corrected chi connectivity index (χ0v) is 20.4. The van der Waals surface area contributed by atoms with Crippen molar-refractivity contribution in [3.8, 4) is 5.75 Å². The predicted octanol–water partition coefficient (Wildman–Crippen LogP) is 1.09. The lowest BCUT2D eigenvalue weighted by Gasteiger charge is -2.46. The molecule has 192 valence electrons. The Balaban J connectivity index is 1.66. The monoisotopic (exact) mass is 497 g/mol. The Hall–Kier alpha value is -3.37. The third kappa shape index (κ3) is 3.35. The van der Waals surface area contributed by atoms with E-state index in [2.05, 4.69) is 4.90 Å². The van der Waals surface area contributed by atoms with Crippen molar-refractivity contribution < 1.29 is 34.8 Å². The van der Waals surface area contributed by atoms with Gasteiger partial charge in [-0.1, -0.05) is 0 Å². The van der Waals surface area contributed by atoms with Gasteiger partial charge in [0.2, 0.25) is 5.78 Å². The van der Waals surface area contributed by atoms with E-state index in [1.165, 1.54) is 0 Å². The number of rotatable bonds is 4. The van der Waals surface area contributed by atoms with Gasteiger partial charge in [-0.25, -0.2) is 0 Å². The van der Waals surface area contributed by atoms with E-state index in [-0.39, 0.29) is 29.7 Å². The largest absolute Gasteiger partial charge is 0.508 e. The van der Waals surface area contributed by atoms with Gasteiger partial charge >= 0.3 is 0 Å². The summed E-state index contributed by atoms with van der Waals surface area (Å²) in [5.41, 5.74) is 4.34. The maximum Gasteiger partial charge on any atom is 0.255 e. The van der Waals surface area contributed by atoms with Crippen LogP contribution in [0.3, 0.4) is 0 Å². The summed E-state index contributed by atoms with van der Waals surface area (Å²) < 4.78 is 0.